The van der Waals surface area contributed by atoms with Gasteiger partial charge in [0, 0.05) is 0 Å². The van der Waals surface area contributed by atoms with Crippen LogP contribution in [0.15, 0.2) is 0 Å². The Labute approximate surface area is 99.5 Å². The highest BCUT2D eigenvalue weighted by atomic mass is 16.6. The number of aliphatic hydroxyl groups excluding tert-OH is 1. The molecule has 0 saturated heterocycles. The molecule has 0 aliphatic carbocycles. The van der Waals surface area contributed by atoms with Gasteiger partial charge in [0.1, 0.15) is 17.9 Å². The number of hydrogen-bond acceptors (Lipinski definition) is 5. The van der Waals surface area contributed by atoms with Crippen LogP contribution in [0.2, 0.25) is 0 Å². The molecule has 0 unspecified atom stereocenters. The SMILES string of the molecule is CC(C)(C)OC(=O)N[C@H](CO)C(=O)NCC=O. The molecule has 0 aromatic heterocycles. The summed E-state index contributed by atoms with van der Waals surface area (Å²) in [6.07, 6.45) is -0.308. The van der Waals surface area contributed by atoms with Gasteiger partial charge in [0.05, 0.1) is 13.2 Å². The molecular weight excluding hydrogens is 228 g/mol. The van der Waals surface area contributed by atoms with Gasteiger partial charge in [0.15, 0.2) is 0 Å². The van der Waals surface area contributed by atoms with Gasteiger partial charge in [0.2, 0.25) is 5.91 Å². The minimum Gasteiger partial charge on any atom is -0.444 e. The molecule has 0 aliphatic rings. The van der Waals surface area contributed by atoms with E-state index in [0.29, 0.717) is 6.29 Å². The van der Waals surface area contributed by atoms with E-state index in [0.717, 1.165) is 0 Å². The second-order valence-electron chi connectivity index (χ2n) is 4.29. The van der Waals surface area contributed by atoms with Crippen LogP contribution < -0.4 is 10.6 Å². The van der Waals surface area contributed by atoms with Crippen molar-refractivity contribution in [1.29, 1.82) is 0 Å². The predicted octanol–water partition coefficient (Wildman–Crippen LogP) is -0.813. The van der Waals surface area contributed by atoms with Crippen molar-refractivity contribution in [2.75, 3.05) is 13.2 Å². The van der Waals surface area contributed by atoms with Crippen LogP contribution >= 0.6 is 0 Å². The zero-order valence-electron chi connectivity index (χ0n) is 10.1. The summed E-state index contributed by atoms with van der Waals surface area (Å²) in [7, 11) is 0. The summed E-state index contributed by atoms with van der Waals surface area (Å²) in [6.45, 7) is 4.27. The smallest absolute Gasteiger partial charge is 0.408 e. The summed E-state index contributed by atoms with van der Waals surface area (Å²) in [5, 5.41) is 13.3. The number of rotatable bonds is 5. The van der Waals surface area contributed by atoms with Gasteiger partial charge < -0.3 is 25.3 Å². The molecule has 0 aromatic carbocycles. The number of carbonyl (C=O) groups excluding carboxylic acids is 3. The molecule has 2 amide bonds. The van der Waals surface area contributed by atoms with Crippen molar-refractivity contribution in [2.45, 2.75) is 32.4 Å². The molecule has 0 aromatic rings. The van der Waals surface area contributed by atoms with Gasteiger partial charge >= 0.3 is 6.09 Å². The molecule has 3 N–H and O–H groups in total. The predicted molar refractivity (Wildman–Crippen MR) is 59.3 cm³/mol. The fourth-order valence-corrected chi connectivity index (χ4v) is 0.909. The van der Waals surface area contributed by atoms with Gasteiger partial charge in [-0.3, -0.25) is 4.79 Å². The normalized spacial score (nSPS) is 12.5. The van der Waals surface area contributed by atoms with E-state index in [-0.39, 0.29) is 6.54 Å². The van der Waals surface area contributed by atoms with Crippen molar-refractivity contribution in [2.24, 2.45) is 0 Å². The molecule has 0 heterocycles. The highest BCUT2D eigenvalue weighted by Crippen LogP contribution is 2.06. The lowest BCUT2D eigenvalue weighted by molar-refractivity contribution is -0.125. The molecule has 0 radical (unpaired) electrons. The van der Waals surface area contributed by atoms with Crippen LogP contribution in [0.5, 0.6) is 0 Å². The third kappa shape index (κ3) is 7.29. The van der Waals surface area contributed by atoms with E-state index in [2.05, 4.69) is 10.6 Å². The van der Waals surface area contributed by atoms with Gasteiger partial charge in [-0.15, -0.1) is 0 Å². The van der Waals surface area contributed by atoms with Crippen molar-refractivity contribution in [1.82, 2.24) is 10.6 Å². The Hall–Kier alpha value is -1.63. The molecule has 0 saturated carbocycles. The van der Waals surface area contributed by atoms with Gasteiger partial charge in [-0.25, -0.2) is 4.79 Å². The lowest BCUT2D eigenvalue weighted by atomic mass is 10.2. The maximum atomic E-state index is 11.3. The Bertz CT molecular complexity index is 285. The topological polar surface area (TPSA) is 105 Å². The molecule has 17 heavy (non-hydrogen) atoms. The molecule has 0 fully saturated rings. The Kier molecular flexibility index (Phi) is 6.19. The number of alkyl carbamates (subject to hydrolysis) is 1. The van der Waals surface area contributed by atoms with E-state index in [1.165, 1.54) is 0 Å². The number of aldehydes is 1. The zero-order valence-corrected chi connectivity index (χ0v) is 10.1. The summed E-state index contributed by atoms with van der Waals surface area (Å²) >= 11 is 0. The number of hydrogen-bond donors (Lipinski definition) is 3. The molecule has 98 valence electrons. The third-order valence-corrected chi connectivity index (χ3v) is 1.55. The van der Waals surface area contributed by atoms with Crippen molar-refractivity contribution in [3.63, 3.8) is 0 Å². The van der Waals surface area contributed by atoms with E-state index >= 15 is 0 Å². The number of nitrogens with one attached hydrogen (secondary N) is 2. The summed E-state index contributed by atoms with van der Waals surface area (Å²) < 4.78 is 4.91. The van der Waals surface area contributed by atoms with Crippen LogP contribution in [-0.4, -0.2) is 48.2 Å². The molecule has 0 spiro atoms. The average molecular weight is 246 g/mol. The van der Waals surface area contributed by atoms with E-state index in [9.17, 15) is 14.4 Å². The van der Waals surface area contributed by atoms with Crippen LogP contribution in [-0.2, 0) is 14.3 Å². The van der Waals surface area contributed by atoms with Crippen LogP contribution in [0, 0.1) is 0 Å². The second kappa shape index (κ2) is 6.85. The molecule has 7 heteroatoms. The number of aliphatic hydroxyl groups is 1. The van der Waals surface area contributed by atoms with Crippen molar-refractivity contribution >= 4 is 18.3 Å². The lowest BCUT2D eigenvalue weighted by Crippen LogP contribution is -2.50. The summed E-state index contributed by atoms with van der Waals surface area (Å²) in [5.74, 6) is -0.648. The molecule has 1 atom stereocenters. The van der Waals surface area contributed by atoms with Gasteiger partial charge in [-0.2, -0.15) is 0 Å². The first-order chi connectivity index (χ1) is 7.80. The Morgan fingerprint density at radius 3 is 2.41 bits per heavy atom. The van der Waals surface area contributed by atoms with E-state index < -0.39 is 30.3 Å². The van der Waals surface area contributed by atoms with Gasteiger partial charge in [0.25, 0.3) is 0 Å². The fourth-order valence-electron chi connectivity index (χ4n) is 0.909. The standard InChI is InChI=1S/C10H18N2O5/c1-10(2,3)17-9(16)12-7(6-14)8(15)11-4-5-13/h5,7,14H,4,6H2,1-3H3,(H,11,15)(H,12,16)/t7-/m1/s1. The largest absolute Gasteiger partial charge is 0.444 e. The molecule has 7 nitrogen and oxygen atoms in total. The first kappa shape index (κ1) is 15.4. The minimum atomic E-state index is -1.13. The first-order valence-electron chi connectivity index (χ1n) is 5.12. The van der Waals surface area contributed by atoms with Crippen LogP contribution in [0.25, 0.3) is 0 Å². The Balaban J connectivity index is 4.25. The highest BCUT2D eigenvalue weighted by Gasteiger charge is 2.23. The number of ether oxygens (including phenoxy) is 1. The molecule has 0 bridgehead atoms. The first-order valence-corrected chi connectivity index (χ1v) is 5.12. The van der Waals surface area contributed by atoms with Crippen LogP contribution in [0.4, 0.5) is 4.79 Å². The minimum absolute atomic E-state index is 0.175. The van der Waals surface area contributed by atoms with Gasteiger partial charge in [-0.05, 0) is 20.8 Å². The van der Waals surface area contributed by atoms with E-state index in [1.807, 2.05) is 0 Å². The van der Waals surface area contributed by atoms with E-state index in [4.69, 9.17) is 9.84 Å². The van der Waals surface area contributed by atoms with Crippen molar-refractivity contribution in [3.8, 4) is 0 Å². The van der Waals surface area contributed by atoms with Crippen LogP contribution in [0.1, 0.15) is 20.8 Å². The average Bonchev–Trinajstić information content (AvgIpc) is 2.19. The second-order valence-corrected chi connectivity index (χ2v) is 4.29. The zero-order chi connectivity index (χ0) is 13.5. The lowest BCUT2D eigenvalue weighted by Gasteiger charge is -2.22. The Morgan fingerprint density at radius 1 is 1.41 bits per heavy atom. The molecular formula is C10H18N2O5. The molecule has 0 rings (SSSR count). The molecule has 0 aliphatic heterocycles. The maximum absolute atomic E-state index is 11.3. The monoisotopic (exact) mass is 246 g/mol. The van der Waals surface area contributed by atoms with Crippen molar-refractivity contribution in [3.05, 3.63) is 0 Å². The third-order valence-electron chi connectivity index (χ3n) is 1.55. The van der Waals surface area contributed by atoms with Crippen molar-refractivity contribution < 1.29 is 24.2 Å². The quantitative estimate of drug-likeness (QED) is 0.550. The number of carbonyl (C=O) groups is 3. The number of amides is 2. The highest BCUT2D eigenvalue weighted by molar-refractivity contribution is 5.86. The summed E-state index contributed by atoms with van der Waals surface area (Å²) in [6, 6.07) is -1.13. The van der Waals surface area contributed by atoms with Crippen LogP contribution in [0.3, 0.4) is 0 Å². The van der Waals surface area contributed by atoms with E-state index in [1.54, 1.807) is 20.8 Å². The van der Waals surface area contributed by atoms with Gasteiger partial charge in [-0.1, -0.05) is 0 Å². The summed E-state index contributed by atoms with van der Waals surface area (Å²) in [5.41, 5.74) is -0.691. The Morgan fingerprint density at radius 2 is 2.00 bits per heavy atom. The summed E-state index contributed by atoms with van der Waals surface area (Å²) in [4.78, 5) is 32.7. The maximum Gasteiger partial charge on any atom is 0.408 e. The fraction of sp³-hybridized carbons (Fsp3) is 0.700.